The Morgan fingerprint density at radius 2 is 1.83 bits per heavy atom. The SMILES string of the molecule is Cc1cc(O[C@H](C)C(=O)Nc2ccc3c(c2)OCO3)cc(C)c1Cl. The number of fused-ring (bicyclic) bond motifs is 1. The van der Waals surface area contributed by atoms with Crippen LogP contribution in [0.4, 0.5) is 5.69 Å². The second-order valence-corrected chi connectivity index (χ2v) is 6.07. The molecule has 3 rings (SSSR count). The Morgan fingerprint density at radius 1 is 1.17 bits per heavy atom. The van der Waals surface area contributed by atoms with Gasteiger partial charge in [0.25, 0.3) is 5.91 Å². The molecule has 0 aromatic heterocycles. The molecule has 1 aliphatic heterocycles. The predicted octanol–water partition coefficient (Wildman–Crippen LogP) is 4.09. The van der Waals surface area contributed by atoms with Crippen molar-refractivity contribution in [1.29, 1.82) is 0 Å². The zero-order chi connectivity index (χ0) is 17.3. The molecule has 5 nitrogen and oxygen atoms in total. The molecule has 0 fully saturated rings. The normalized spacial score (nSPS) is 13.5. The van der Waals surface area contributed by atoms with Gasteiger partial charge in [0, 0.05) is 16.8 Å². The lowest BCUT2D eigenvalue weighted by Gasteiger charge is -2.16. The van der Waals surface area contributed by atoms with Crippen LogP contribution in [0.1, 0.15) is 18.1 Å². The highest BCUT2D eigenvalue weighted by molar-refractivity contribution is 6.32. The van der Waals surface area contributed by atoms with Crippen LogP contribution in [0.5, 0.6) is 17.2 Å². The third-order valence-electron chi connectivity index (χ3n) is 3.73. The van der Waals surface area contributed by atoms with E-state index in [0.717, 1.165) is 11.1 Å². The standard InChI is InChI=1S/C18H18ClNO4/c1-10-6-14(7-11(2)17(10)19)24-12(3)18(21)20-13-4-5-15-16(8-13)23-9-22-15/h4-8,12H,9H2,1-3H3,(H,20,21)/t12-/m1/s1. The van der Waals surface area contributed by atoms with Gasteiger partial charge in [-0.15, -0.1) is 0 Å². The highest BCUT2D eigenvalue weighted by atomic mass is 35.5. The first-order valence-corrected chi connectivity index (χ1v) is 7.96. The molecule has 1 amide bonds. The first-order chi connectivity index (χ1) is 11.4. The van der Waals surface area contributed by atoms with Crippen LogP contribution in [0.2, 0.25) is 5.02 Å². The van der Waals surface area contributed by atoms with E-state index >= 15 is 0 Å². The smallest absolute Gasteiger partial charge is 0.265 e. The summed E-state index contributed by atoms with van der Waals surface area (Å²) in [4.78, 5) is 12.3. The van der Waals surface area contributed by atoms with Gasteiger partial charge in [0.05, 0.1) is 0 Å². The summed E-state index contributed by atoms with van der Waals surface area (Å²) in [6.45, 7) is 5.70. The van der Waals surface area contributed by atoms with Crippen molar-refractivity contribution in [1.82, 2.24) is 0 Å². The zero-order valence-corrected chi connectivity index (χ0v) is 14.4. The molecule has 1 atom stereocenters. The lowest BCUT2D eigenvalue weighted by Crippen LogP contribution is -2.30. The largest absolute Gasteiger partial charge is 0.481 e. The maximum absolute atomic E-state index is 12.3. The molecule has 0 saturated carbocycles. The summed E-state index contributed by atoms with van der Waals surface area (Å²) in [6, 6.07) is 8.88. The van der Waals surface area contributed by atoms with Gasteiger partial charge >= 0.3 is 0 Å². The van der Waals surface area contributed by atoms with E-state index in [2.05, 4.69) is 5.32 Å². The second kappa shape index (κ2) is 6.61. The number of aryl methyl sites for hydroxylation is 2. The number of carbonyl (C=O) groups is 1. The molecule has 0 spiro atoms. The van der Waals surface area contributed by atoms with Crippen molar-refractivity contribution in [3.05, 3.63) is 46.5 Å². The molecule has 0 unspecified atom stereocenters. The molecule has 24 heavy (non-hydrogen) atoms. The molecule has 6 heteroatoms. The minimum Gasteiger partial charge on any atom is -0.481 e. The van der Waals surface area contributed by atoms with E-state index in [1.54, 1.807) is 25.1 Å². The molecule has 1 N–H and O–H groups in total. The van der Waals surface area contributed by atoms with Crippen LogP contribution < -0.4 is 19.5 Å². The van der Waals surface area contributed by atoms with Gasteiger partial charge in [-0.1, -0.05) is 11.6 Å². The van der Waals surface area contributed by atoms with E-state index in [-0.39, 0.29) is 12.7 Å². The lowest BCUT2D eigenvalue weighted by molar-refractivity contribution is -0.122. The van der Waals surface area contributed by atoms with Gasteiger partial charge in [0.2, 0.25) is 6.79 Å². The Labute approximate surface area is 145 Å². The molecular formula is C18H18ClNO4. The molecule has 1 heterocycles. The van der Waals surface area contributed by atoms with E-state index in [9.17, 15) is 4.79 Å². The summed E-state index contributed by atoms with van der Waals surface area (Å²) in [5.41, 5.74) is 2.45. The maximum atomic E-state index is 12.3. The zero-order valence-electron chi connectivity index (χ0n) is 13.7. The van der Waals surface area contributed by atoms with Gasteiger partial charge < -0.3 is 19.5 Å². The van der Waals surface area contributed by atoms with Gasteiger partial charge in [-0.05, 0) is 56.2 Å². The summed E-state index contributed by atoms with van der Waals surface area (Å²) in [5.74, 6) is 1.65. The van der Waals surface area contributed by atoms with E-state index in [4.69, 9.17) is 25.8 Å². The van der Waals surface area contributed by atoms with Crippen LogP contribution in [-0.4, -0.2) is 18.8 Å². The number of hydrogen-bond acceptors (Lipinski definition) is 4. The number of benzene rings is 2. The Balaban J connectivity index is 1.67. The topological polar surface area (TPSA) is 56.8 Å². The number of ether oxygens (including phenoxy) is 3. The number of carbonyl (C=O) groups excluding carboxylic acids is 1. The van der Waals surface area contributed by atoms with E-state index in [0.29, 0.717) is 28.0 Å². The molecule has 126 valence electrons. The maximum Gasteiger partial charge on any atom is 0.265 e. The van der Waals surface area contributed by atoms with Gasteiger partial charge in [0.15, 0.2) is 17.6 Å². The fraction of sp³-hybridized carbons (Fsp3) is 0.278. The summed E-state index contributed by atoms with van der Waals surface area (Å²) in [5, 5.41) is 3.51. The van der Waals surface area contributed by atoms with E-state index in [1.807, 2.05) is 26.0 Å². The molecular weight excluding hydrogens is 330 g/mol. The van der Waals surface area contributed by atoms with Crippen molar-refractivity contribution in [2.24, 2.45) is 0 Å². The van der Waals surface area contributed by atoms with Crippen LogP contribution >= 0.6 is 11.6 Å². The molecule has 0 saturated heterocycles. The minimum atomic E-state index is -0.657. The van der Waals surface area contributed by atoms with Gasteiger partial charge in [-0.3, -0.25) is 4.79 Å². The van der Waals surface area contributed by atoms with Gasteiger partial charge in [-0.2, -0.15) is 0 Å². The third-order valence-corrected chi connectivity index (χ3v) is 4.33. The van der Waals surface area contributed by atoms with Gasteiger partial charge in [0.1, 0.15) is 5.75 Å². The first-order valence-electron chi connectivity index (χ1n) is 7.58. The molecule has 2 aromatic rings. The van der Waals surface area contributed by atoms with Crippen LogP contribution in [0, 0.1) is 13.8 Å². The number of amides is 1. The van der Waals surface area contributed by atoms with Crippen molar-refractivity contribution < 1.29 is 19.0 Å². The summed E-state index contributed by atoms with van der Waals surface area (Å²) in [6.07, 6.45) is -0.657. The number of nitrogens with one attached hydrogen (secondary N) is 1. The third kappa shape index (κ3) is 3.41. The van der Waals surface area contributed by atoms with Crippen molar-refractivity contribution >= 4 is 23.2 Å². The number of anilines is 1. The van der Waals surface area contributed by atoms with Crippen LogP contribution in [-0.2, 0) is 4.79 Å². The number of halogens is 1. The summed E-state index contributed by atoms with van der Waals surface area (Å²) in [7, 11) is 0. The average molecular weight is 348 g/mol. The summed E-state index contributed by atoms with van der Waals surface area (Å²) >= 11 is 6.15. The van der Waals surface area contributed by atoms with Crippen LogP contribution in [0.3, 0.4) is 0 Å². The average Bonchev–Trinajstić information content (AvgIpc) is 3.00. The number of hydrogen-bond donors (Lipinski definition) is 1. The van der Waals surface area contributed by atoms with Crippen molar-refractivity contribution in [3.63, 3.8) is 0 Å². The van der Waals surface area contributed by atoms with Crippen molar-refractivity contribution in [3.8, 4) is 17.2 Å². The molecule has 0 bridgehead atoms. The van der Waals surface area contributed by atoms with Crippen LogP contribution in [0.15, 0.2) is 30.3 Å². The molecule has 1 aliphatic rings. The quantitative estimate of drug-likeness (QED) is 0.905. The molecule has 2 aromatic carbocycles. The minimum absolute atomic E-state index is 0.196. The lowest BCUT2D eigenvalue weighted by atomic mass is 10.1. The predicted molar refractivity (Wildman–Crippen MR) is 92.2 cm³/mol. The fourth-order valence-corrected chi connectivity index (χ4v) is 2.56. The monoisotopic (exact) mass is 347 g/mol. The van der Waals surface area contributed by atoms with Gasteiger partial charge in [-0.25, -0.2) is 0 Å². The van der Waals surface area contributed by atoms with Crippen molar-refractivity contribution in [2.75, 3.05) is 12.1 Å². The number of rotatable bonds is 4. The Bertz CT molecular complexity index is 768. The Kier molecular flexibility index (Phi) is 4.53. The van der Waals surface area contributed by atoms with E-state index < -0.39 is 6.10 Å². The highest BCUT2D eigenvalue weighted by Gasteiger charge is 2.18. The Morgan fingerprint density at radius 3 is 2.54 bits per heavy atom. The molecule has 0 aliphatic carbocycles. The van der Waals surface area contributed by atoms with E-state index in [1.165, 1.54) is 0 Å². The highest BCUT2D eigenvalue weighted by Crippen LogP contribution is 2.34. The summed E-state index contributed by atoms with van der Waals surface area (Å²) < 4.78 is 16.3. The van der Waals surface area contributed by atoms with Crippen LogP contribution in [0.25, 0.3) is 0 Å². The molecule has 0 radical (unpaired) electrons. The second-order valence-electron chi connectivity index (χ2n) is 5.69. The Hall–Kier alpha value is -2.40. The fourth-order valence-electron chi connectivity index (χ4n) is 2.45. The van der Waals surface area contributed by atoms with Crippen molar-refractivity contribution in [2.45, 2.75) is 26.9 Å². The first kappa shape index (κ1) is 16.5.